The Morgan fingerprint density at radius 2 is 2.43 bits per heavy atom. The number of hydrogen-bond acceptors (Lipinski definition) is 2. The van der Waals surface area contributed by atoms with Gasteiger partial charge in [0.1, 0.15) is 11.8 Å². The van der Waals surface area contributed by atoms with Crippen LogP contribution in [0.4, 0.5) is 0 Å². The van der Waals surface area contributed by atoms with Crippen molar-refractivity contribution in [2.24, 2.45) is 5.16 Å². The molecule has 1 heterocycles. The monoisotopic (exact) mass is 98.1 g/mol. The molecule has 0 amide bonds. The summed E-state index contributed by atoms with van der Waals surface area (Å²) in [6.07, 6.45) is 3.53. The van der Waals surface area contributed by atoms with Crippen molar-refractivity contribution < 1.29 is 4.84 Å². The minimum absolute atomic E-state index is 0.0833. The molecule has 0 atom stereocenters. The van der Waals surface area contributed by atoms with Gasteiger partial charge >= 0.3 is 0 Å². The Labute approximate surface area is 43.2 Å². The van der Waals surface area contributed by atoms with Crippen molar-refractivity contribution >= 4 is 6.21 Å². The van der Waals surface area contributed by atoms with E-state index in [1.165, 1.54) is 0 Å². The standard InChI is InChI=1S/C5H8NO/c1-5(2)3-4-6-7-5/h3H2,1-2H3. The molecule has 39 valence electrons. The zero-order valence-electron chi connectivity index (χ0n) is 4.56. The Hall–Kier alpha value is -0.530. The van der Waals surface area contributed by atoms with E-state index in [9.17, 15) is 0 Å². The van der Waals surface area contributed by atoms with Crippen LogP contribution in [0.25, 0.3) is 0 Å². The molecule has 0 bridgehead atoms. The largest absolute Gasteiger partial charge is 0.389 e. The first-order chi connectivity index (χ1) is 3.21. The molecule has 0 aromatic heterocycles. The Morgan fingerprint density at radius 3 is 2.57 bits per heavy atom. The van der Waals surface area contributed by atoms with Gasteiger partial charge in [0.25, 0.3) is 0 Å². The van der Waals surface area contributed by atoms with E-state index in [1.807, 2.05) is 13.8 Å². The maximum absolute atomic E-state index is 4.85. The van der Waals surface area contributed by atoms with E-state index in [2.05, 4.69) is 11.4 Å². The van der Waals surface area contributed by atoms with E-state index < -0.39 is 0 Å². The molecular weight excluding hydrogens is 90.1 g/mol. The normalized spacial score (nSPS) is 24.9. The van der Waals surface area contributed by atoms with E-state index in [0.717, 1.165) is 6.42 Å². The summed E-state index contributed by atoms with van der Waals surface area (Å²) in [6, 6.07) is 0. The van der Waals surface area contributed by atoms with E-state index in [0.29, 0.717) is 0 Å². The first kappa shape index (κ1) is 4.62. The van der Waals surface area contributed by atoms with Crippen LogP contribution in [-0.4, -0.2) is 11.8 Å². The van der Waals surface area contributed by atoms with Crippen LogP contribution in [-0.2, 0) is 4.84 Å². The maximum Gasteiger partial charge on any atom is 0.137 e. The third-order valence-corrected chi connectivity index (χ3v) is 0.862. The van der Waals surface area contributed by atoms with Crippen molar-refractivity contribution in [2.45, 2.75) is 25.9 Å². The first-order valence-corrected chi connectivity index (χ1v) is 2.32. The quantitative estimate of drug-likeness (QED) is 0.443. The summed E-state index contributed by atoms with van der Waals surface area (Å²) >= 11 is 0. The minimum Gasteiger partial charge on any atom is -0.389 e. The summed E-state index contributed by atoms with van der Waals surface area (Å²) in [7, 11) is 0. The highest BCUT2D eigenvalue weighted by molar-refractivity contribution is 5.59. The first-order valence-electron chi connectivity index (χ1n) is 2.32. The molecule has 0 aromatic carbocycles. The number of nitrogens with zero attached hydrogens (tertiary/aromatic N) is 1. The van der Waals surface area contributed by atoms with Crippen LogP contribution < -0.4 is 0 Å². The van der Waals surface area contributed by atoms with Crippen LogP contribution in [0.5, 0.6) is 0 Å². The van der Waals surface area contributed by atoms with Gasteiger partial charge < -0.3 is 4.84 Å². The molecule has 1 rings (SSSR count). The molecule has 2 nitrogen and oxygen atoms in total. The van der Waals surface area contributed by atoms with Gasteiger partial charge in [0.2, 0.25) is 0 Å². The van der Waals surface area contributed by atoms with Gasteiger partial charge in [0.05, 0.1) is 0 Å². The van der Waals surface area contributed by atoms with Crippen LogP contribution in [0.3, 0.4) is 0 Å². The van der Waals surface area contributed by atoms with Crippen molar-refractivity contribution in [3.05, 3.63) is 0 Å². The lowest BCUT2D eigenvalue weighted by Gasteiger charge is -2.11. The topological polar surface area (TPSA) is 21.6 Å². The van der Waals surface area contributed by atoms with Gasteiger partial charge in [0.15, 0.2) is 0 Å². The summed E-state index contributed by atoms with van der Waals surface area (Å²) < 4.78 is 0. The lowest BCUT2D eigenvalue weighted by molar-refractivity contribution is 0.0123. The lowest BCUT2D eigenvalue weighted by atomic mass is 10.1. The average Bonchev–Trinajstić information content (AvgIpc) is 1.84. The second-order valence-corrected chi connectivity index (χ2v) is 2.28. The zero-order valence-corrected chi connectivity index (χ0v) is 4.56. The van der Waals surface area contributed by atoms with Gasteiger partial charge in [0, 0.05) is 6.42 Å². The molecule has 1 aliphatic rings. The molecular formula is C5H8NO. The molecule has 1 aliphatic heterocycles. The van der Waals surface area contributed by atoms with Gasteiger partial charge in [-0.25, -0.2) is 0 Å². The maximum atomic E-state index is 4.85. The van der Waals surface area contributed by atoms with E-state index in [4.69, 9.17) is 4.84 Å². The summed E-state index contributed by atoms with van der Waals surface area (Å²) in [5.74, 6) is 0. The SMILES string of the molecule is CC1(C)C[C]=NO1. The lowest BCUT2D eigenvalue weighted by Crippen LogP contribution is -2.16. The van der Waals surface area contributed by atoms with Gasteiger partial charge in [-0.1, -0.05) is 5.16 Å². The minimum atomic E-state index is -0.0833. The highest BCUT2D eigenvalue weighted by atomic mass is 16.7. The Kier molecular flexibility index (Phi) is 0.805. The number of hydrogen-bond donors (Lipinski definition) is 0. The second-order valence-electron chi connectivity index (χ2n) is 2.28. The van der Waals surface area contributed by atoms with Crippen LogP contribution in [0.15, 0.2) is 5.16 Å². The van der Waals surface area contributed by atoms with Crippen molar-refractivity contribution in [1.29, 1.82) is 0 Å². The predicted molar refractivity (Wildman–Crippen MR) is 27.2 cm³/mol. The average molecular weight is 98.1 g/mol. The summed E-state index contributed by atoms with van der Waals surface area (Å²) in [5, 5.41) is 3.49. The molecule has 2 heteroatoms. The molecule has 0 aliphatic carbocycles. The molecule has 0 aromatic rings. The molecule has 1 radical (unpaired) electrons. The van der Waals surface area contributed by atoms with Crippen molar-refractivity contribution in [3.8, 4) is 0 Å². The molecule has 0 spiro atoms. The highest BCUT2D eigenvalue weighted by Gasteiger charge is 2.22. The third kappa shape index (κ3) is 0.918. The summed E-state index contributed by atoms with van der Waals surface area (Å²) in [5.41, 5.74) is -0.0833. The zero-order chi connectivity index (χ0) is 5.33. The van der Waals surface area contributed by atoms with Crippen LogP contribution >= 0.6 is 0 Å². The second kappa shape index (κ2) is 1.22. The van der Waals surface area contributed by atoms with Gasteiger partial charge in [-0.2, -0.15) is 0 Å². The van der Waals surface area contributed by atoms with Gasteiger partial charge in [-0.05, 0) is 13.8 Å². The fraction of sp³-hybridized carbons (Fsp3) is 0.800. The van der Waals surface area contributed by atoms with Crippen molar-refractivity contribution in [2.75, 3.05) is 0 Å². The van der Waals surface area contributed by atoms with Gasteiger partial charge in [-0.15, -0.1) is 0 Å². The molecule has 7 heavy (non-hydrogen) atoms. The highest BCUT2D eigenvalue weighted by Crippen LogP contribution is 2.17. The molecule has 0 saturated heterocycles. The fourth-order valence-electron chi connectivity index (χ4n) is 0.411. The van der Waals surface area contributed by atoms with Crippen LogP contribution in [0.1, 0.15) is 20.3 Å². The van der Waals surface area contributed by atoms with Gasteiger partial charge in [-0.3, -0.25) is 0 Å². The van der Waals surface area contributed by atoms with Crippen LogP contribution in [0, 0.1) is 0 Å². The Morgan fingerprint density at radius 1 is 1.71 bits per heavy atom. The fourth-order valence-corrected chi connectivity index (χ4v) is 0.411. The predicted octanol–water partition coefficient (Wildman–Crippen LogP) is 1.05. The van der Waals surface area contributed by atoms with E-state index in [1.54, 1.807) is 0 Å². The van der Waals surface area contributed by atoms with Crippen molar-refractivity contribution in [1.82, 2.24) is 0 Å². The smallest absolute Gasteiger partial charge is 0.137 e. The molecule has 0 fully saturated rings. The Balaban J connectivity index is 2.49. The van der Waals surface area contributed by atoms with E-state index >= 15 is 0 Å². The third-order valence-electron chi connectivity index (χ3n) is 0.862. The number of rotatable bonds is 0. The molecule has 0 saturated carbocycles. The van der Waals surface area contributed by atoms with E-state index in [-0.39, 0.29) is 5.60 Å². The summed E-state index contributed by atoms with van der Waals surface area (Å²) in [4.78, 5) is 4.85. The molecule has 0 unspecified atom stereocenters. The Bertz CT molecular complexity index is 86.3. The van der Waals surface area contributed by atoms with Crippen molar-refractivity contribution in [3.63, 3.8) is 0 Å². The summed E-state index contributed by atoms with van der Waals surface area (Å²) in [6.45, 7) is 3.97. The molecule has 0 N–H and O–H groups in total. The van der Waals surface area contributed by atoms with Crippen LogP contribution in [0.2, 0.25) is 0 Å².